The molecule has 0 saturated heterocycles. The van der Waals surface area contributed by atoms with E-state index in [4.69, 9.17) is 4.74 Å². The number of nitrogens with zero attached hydrogens (tertiary/aromatic N) is 1. The third-order valence-corrected chi connectivity index (χ3v) is 3.75. The molecule has 1 aromatic heterocycles. The second kappa shape index (κ2) is 6.08. The second-order valence-electron chi connectivity index (χ2n) is 5.29. The molecule has 0 bridgehead atoms. The fourth-order valence-corrected chi connectivity index (χ4v) is 2.60. The fourth-order valence-electron chi connectivity index (χ4n) is 2.60. The molecule has 128 valence electrons. The molecule has 2 aromatic carbocycles. The van der Waals surface area contributed by atoms with Crippen molar-refractivity contribution in [3.63, 3.8) is 0 Å². The Hall–Kier alpha value is -3.09. The summed E-state index contributed by atoms with van der Waals surface area (Å²) in [7, 11) is 1.43. The van der Waals surface area contributed by atoms with E-state index >= 15 is 0 Å². The van der Waals surface area contributed by atoms with Crippen molar-refractivity contribution in [2.24, 2.45) is 0 Å². The van der Waals surface area contributed by atoms with Gasteiger partial charge in [0.1, 0.15) is 5.75 Å². The SMILES string of the molecule is COc1ccc2nc(-c3ccccc3C(F)(F)F)cc(C(=O)O)c2c1. The summed E-state index contributed by atoms with van der Waals surface area (Å²) in [4.78, 5) is 15.8. The van der Waals surface area contributed by atoms with Crippen LogP contribution in [-0.4, -0.2) is 23.2 Å². The van der Waals surface area contributed by atoms with E-state index in [0.29, 0.717) is 11.1 Å². The number of hydrogen-bond acceptors (Lipinski definition) is 3. The van der Waals surface area contributed by atoms with Crippen molar-refractivity contribution in [1.29, 1.82) is 0 Å². The summed E-state index contributed by atoms with van der Waals surface area (Å²) in [6.45, 7) is 0. The number of halogens is 3. The third-order valence-electron chi connectivity index (χ3n) is 3.75. The molecule has 25 heavy (non-hydrogen) atoms. The van der Waals surface area contributed by atoms with E-state index in [-0.39, 0.29) is 22.3 Å². The molecule has 0 radical (unpaired) electrons. The quantitative estimate of drug-likeness (QED) is 0.751. The van der Waals surface area contributed by atoms with Crippen molar-refractivity contribution in [3.05, 3.63) is 59.7 Å². The van der Waals surface area contributed by atoms with Crippen LogP contribution in [0.4, 0.5) is 13.2 Å². The zero-order valence-corrected chi connectivity index (χ0v) is 13.0. The number of rotatable bonds is 3. The van der Waals surface area contributed by atoms with E-state index in [0.717, 1.165) is 12.1 Å². The van der Waals surface area contributed by atoms with Gasteiger partial charge in [0.15, 0.2) is 0 Å². The van der Waals surface area contributed by atoms with Crippen LogP contribution >= 0.6 is 0 Å². The van der Waals surface area contributed by atoms with Crippen LogP contribution in [0.5, 0.6) is 5.75 Å². The molecule has 1 N–H and O–H groups in total. The number of carbonyl (C=O) groups is 1. The maximum absolute atomic E-state index is 13.2. The van der Waals surface area contributed by atoms with Gasteiger partial charge in [-0.05, 0) is 30.3 Å². The Labute approximate surface area is 140 Å². The van der Waals surface area contributed by atoms with E-state index in [1.54, 1.807) is 6.07 Å². The molecule has 0 unspecified atom stereocenters. The summed E-state index contributed by atoms with van der Waals surface area (Å²) in [5.74, 6) is -0.827. The van der Waals surface area contributed by atoms with Gasteiger partial charge in [0.05, 0.1) is 29.4 Å². The van der Waals surface area contributed by atoms with Crippen molar-refractivity contribution >= 4 is 16.9 Å². The summed E-state index contributed by atoms with van der Waals surface area (Å²) in [5, 5.41) is 9.75. The lowest BCUT2D eigenvalue weighted by molar-refractivity contribution is -0.137. The molecule has 1 heterocycles. The molecule has 0 fully saturated rings. The van der Waals surface area contributed by atoms with Crippen LogP contribution in [0.2, 0.25) is 0 Å². The third kappa shape index (κ3) is 3.13. The molecule has 7 heteroatoms. The Balaban J connectivity index is 2.31. The van der Waals surface area contributed by atoms with Crippen LogP contribution in [-0.2, 0) is 6.18 Å². The second-order valence-corrected chi connectivity index (χ2v) is 5.29. The number of aromatic carboxylic acids is 1. The van der Waals surface area contributed by atoms with Gasteiger partial charge in [-0.2, -0.15) is 13.2 Å². The molecule has 4 nitrogen and oxygen atoms in total. The van der Waals surface area contributed by atoms with Crippen molar-refractivity contribution in [2.45, 2.75) is 6.18 Å². The minimum atomic E-state index is -4.57. The lowest BCUT2D eigenvalue weighted by atomic mass is 10.00. The van der Waals surface area contributed by atoms with Gasteiger partial charge >= 0.3 is 12.1 Å². The average Bonchev–Trinajstić information content (AvgIpc) is 2.59. The number of aromatic nitrogens is 1. The molecule has 0 spiro atoms. The first-order valence-electron chi connectivity index (χ1n) is 7.20. The van der Waals surface area contributed by atoms with E-state index in [2.05, 4.69) is 4.98 Å². The number of fused-ring (bicyclic) bond motifs is 1. The molecular formula is C18H12F3NO3. The highest BCUT2D eigenvalue weighted by atomic mass is 19.4. The van der Waals surface area contributed by atoms with Crippen molar-refractivity contribution in [1.82, 2.24) is 4.98 Å². The van der Waals surface area contributed by atoms with Crippen LogP contribution in [0.3, 0.4) is 0 Å². The first kappa shape index (κ1) is 16.8. The van der Waals surface area contributed by atoms with Gasteiger partial charge in [0.25, 0.3) is 0 Å². The summed E-state index contributed by atoms with van der Waals surface area (Å²) < 4.78 is 44.8. The van der Waals surface area contributed by atoms with E-state index in [1.807, 2.05) is 0 Å². The smallest absolute Gasteiger partial charge is 0.417 e. The summed E-state index contributed by atoms with van der Waals surface area (Å²) in [6, 6.07) is 10.7. The van der Waals surface area contributed by atoms with Crippen LogP contribution in [0.1, 0.15) is 15.9 Å². The molecule has 0 aliphatic heterocycles. The number of pyridine rings is 1. The largest absolute Gasteiger partial charge is 0.497 e. The van der Waals surface area contributed by atoms with Crippen LogP contribution in [0, 0.1) is 0 Å². The van der Waals surface area contributed by atoms with E-state index < -0.39 is 17.7 Å². The van der Waals surface area contributed by atoms with Gasteiger partial charge in [0.2, 0.25) is 0 Å². The Kier molecular flexibility index (Phi) is 4.08. The topological polar surface area (TPSA) is 59.4 Å². The zero-order valence-electron chi connectivity index (χ0n) is 13.0. The number of hydrogen-bond donors (Lipinski definition) is 1. The van der Waals surface area contributed by atoms with Crippen LogP contribution in [0.25, 0.3) is 22.2 Å². The minimum Gasteiger partial charge on any atom is -0.497 e. The monoisotopic (exact) mass is 347 g/mol. The summed E-state index contributed by atoms with van der Waals surface area (Å²) in [5.41, 5.74) is -0.964. The van der Waals surface area contributed by atoms with Gasteiger partial charge in [-0.15, -0.1) is 0 Å². The molecule has 0 aliphatic rings. The van der Waals surface area contributed by atoms with Gasteiger partial charge < -0.3 is 9.84 Å². The predicted octanol–water partition coefficient (Wildman–Crippen LogP) is 4.63. The summed E-state index contributed by atoms with van der Waals surface area (Å²) >= 11 is 0. The number of benzene rings is 2. The highest BCUT2D eigenvalue weighted by Gasteiger charge is 2.34. The number of alkyl halides is 3. The van der Waals surface area contributed by atoms with E-state index in [9.17, 15) is 23.1 Å². The Bertz CT molecular complexity index is 967. The summed E-state index contributed by atoms with van der Waals surface area (Å²) in [6.07, 6.45) is -4.57. The Morgan fingerprint density at radius 3 is 2.48 bits per heavy atom. The van der Waals surface area contributed by atoms with E-state index in [1.165, 1.54) is 37.4 Å². The molecule has 3 aromatic rings. The fraction of sp³-hybridized carbons (Fsp3) is 0.111. The lowest BCUT2D eigenvalue weighted by Crippen LogP contribution is -2.08. The number of carboxylic acids is 1. The van der Waals surface area contributed by atoms with Crippen LogP contribution < -0.4 is 4.74 Å². The van der Waals surface area contributed by atoms with Gasteiger partial charge in [-0.25, -0.2) is 9.78 Å². The highest BCUT2D eigenvalue weighted by molar-refractivity contribution is 6.04. The Morgan fingerprint density at radius 1 is 1.12 bits per heavy atom. The average molecular weight is 347 g/mol. The first-order valence-corrected chi connectivity index (χ1v) is 7.20. The van der Waals surface area contributed by atoms with Gasteiger partial charge in [-0.3, -0.25) is 0 Å². The first-order chi connectivity index (χ1) is 11.8. The zero-order chi connectivity index (χ0) is 18.2. The van der Waals surface area contributed by atoms with Crippen molar-refractivity contribution in [3.8, 4) is 17.0 Å². The normalized spacial score (nSPS) is 11.5. The molecule has 0 saturated carbocycles. The van der Waals surface area contributed by atoms with Gasteiger partial charge in [0, 0.05) is 10.9 Å². The predicted molar refractivity (Wildman–Crippen MR) is 85.7 cm³/mol. The number of carboxylic acid groups (broad SMARTS) is 1. The molecule has 3 rings (SSSR count). The lowest BCUT2D eigenvalue weighted by Gasteiger charge is -2.14. The standard InChI is InChI=1S/C18H12F3NO3/c1-25-10-6-7-15-12(8-10)13(17(23)24)9-16(22-15)11-4-2-3-5-14(11)18(19,20)21/h2-9H,1H3,(H,23,24). The minimum absolute atomic E-state index is 0.0528. The Morgan fingerprint density at radius 2 is 1.84 bits per heavy atom. The van der Waals surface area contributed by atoms with Gasteiger partial charge in [-0.1, -0.05) is 18.2 Å². The maximum atomic E-state index is 13.2. The van der Waals surface area contributed by atoms with Crippen molar-refractivity contribution < 1.29 is 27.8 Å². The molecule has 0 amide bonds. The number of methoxy groups -OCH3 is 1. The highest BCUT2D eigenvalue weighted by Crippen LogP contribution is 2.37. The number of ether oxygens (including phenoxy) is 1. The maximum Gasteiger partial charge on any atom is 0.417 e. The molecular weight excluding hydrogens is 335 g/mol. The molecule has 0 aliphatic carbocycles. The van der Waals surface area contributed by atoms with Crippen molar-refractivity contribution in [2.75, 3.05) is 7.11 Å². The van der Waals surface area contributed by atoms with Crippen LogP contribution in [0.15, 0.2) is 48.5 Å². The molecule has 0 atom stereocenters.